The van der Waals surface area contributed by atoms with Gasteiger partial charge in [0, 0.05) is 5.02 Å². The van der Waals surface area contributed by atoms with E-state index in [1.807, 2.05) is 18.2 Å². The molecule has 1 aliphatic rings. The van der Waals surface area contributed by atoms with Gasteiger partial charge in [-0.1, -0.05) is 41.9 Å². The van der Waals surface area contributed by atoms with E-state index in [0.717, 1.165) is 22.9 Å². The fourth-order valence-corrected chi connectivity index (χ4v) is 4.09. The van der Waals surface area contributed by atoms with Crippen molar-refractivity contribution in [2.75, 3.05) is 7.11 Å². The number of halogens is 1. The van der Waals surface area contributed by atoms with Gasteiger partial charge < -0.3 is 19.9 Å². The quantitative estimate of drug-likeness (QED) is 0.420. The number of carboxylic acid groups (broad SMARTS) is 1. The molecule has 1 saturated heterocycles. The van der Waals surface area contributed by atoms with E-state index in [-0.39, 0.29) is 17.2 Å². The molecule has 3 aromatic carbocycles. The Hall–Kier alpha value is -3.75. The van der Waals surface area contributed by atoms with Gasteiger partial charge in [-0.15, -0.1) is 0 Å². The number of methoxy groups -OCH3 is 1. The molecule has 0 radical (unpaired) electrons. The van der Waals surface area contributed by atoms with Crippen molar-refractivity contribution < 1.29 is 24.2 Å². The van der Waals surface area contributed by atoms with Gasteiger partial charge in [0.05, 0.1) is 23.3 Å². The first-order valence-electron chi connectivity index (χ1n) is 10.1. The Balaban J connectivity index is 1.50. The summed E-state index contributed by atoms with van der Waals surface area (Å²) in [5.41, 5.74) is 2.03. The molecule has 1 amide bonds. The maximum Gasteiger partial charge on any atom is 0.337 e. The first-order valence-corrected chi connectivity index (χ1v) is 11.3. The normalized spacial score (nSPS) is 15.4. The fourth-order valence-electron chi connectivity index (χ4n) is 3.13. The number of thioether (sulfide) groups is 1. The van der Waals surface area contributed by atoms with E-state index in [1.165, 1.54) is 6.07 Å². The maximum atomic E-state index is 12.4. The van der Waals surface area contributed by atoms with Crippen LogP contribution >= 0.6 is 23.4 Å². The summed E-state index contributed by atoms with van der Waals surface area (Å²) < 4.78 is 11.3. The molecular weight excluding hydrogens is 476 g/mol. The van der Waals surface area contributed by atoms with Crippen LogP contribution in [0.3, 0.4) is 0 Å². The summed E-state index contributed by atoms with van der Waals surface area (Å²) in [7, 11) is 1.54. The number of rotatable bonds is 7. The highest BCUT2D eigenvalue weighted by molar-refractivity contribution is 8.18. The summed E-state index contributed by atoms with van der Waals surface area (Å²) in [6, 6.07) is 19.1. The van der Waals surface area contributed by atoms with Crippen molar-refractivity contribution in [3.8, 4) is 11.5 Å². The number of para-hydroxylation sites is 1. The molecule has 0 unspecified atom stereocenters. The van der Waals surface area contributed by atoms with Crippen molar-refractivity contribution in [3.05, 3.63) is 93.3 Å². The number of hydrogen-bond donors (Lipinski definition) is 2. The summed E-state index contributed by atoms with van der Waals surface area (Å²) in [6.07, 6.45) is 1.71. The van der Waals surface area contributed by atoms with Crippen molar-refractivity contribution in [2.24, 2.45) is 4.99 Å². The average Bonchev–Trinajstić information content (AvgIpc) is 3.17. The minimum atomic E-state index is -1.09. The fraction of sp³-hybridized carbons (Fsp3) is 0.0800. The molecule has 0 saturated carbocycles. The summed E-state index contributed by atoms with van der Waals surface area (Å²) in [6.45, 7) is 0.351. The topological polar surface area (TPSA) is 97.2 Å². The molecule has 7 nitrogen and oxygen atoms in total. The molecule has 3 aromatic rings. The number of nitrogens with one attached hydrogen (secondary N) is 1. The van der Waals surface area contributed by atoms with Crippen LogP contribution in [-0.4, -0.2) is 29.3 Å². The Morgan fingerprint density at radius 3 is 2.62 bits per heavy atom. The molecule has 172 valence electrons. The van der Waals surface area contributed by atoms with Crippen LogP contribution in [0.5, 0.6) is 11.5 Å². The van der Waals surface area contributed by atoms with Crippen molar-refractivity contribution in [1.82, 2.24) is 5.32 Å². The molecule has 4 rings (SSSR count). The van der Waals surface area contributed by atoms with E-state index in [4.69, 9.17) is 21.1 Å². The third-order valence-electron chi connectivity index (χ3n) is 4.80. The lowest BCUT2D eigenvalue weighted by atomic mass is 10.2. The van der Waals surface area contributed by atoms with E-state index >= 15 is 0 Å². The number of hydrogen-bond acceptors (Lipinski definition) is 6. The highest BCUT2D eigenvalue weighted by Crippen LogP contribution is 2.33. The van der Waals surface area contributed by atoms with Gasteiger partial charge in [-0.05, 0) is 65.4 Å². The third-order valence-corrected chi connectivity index (χ3v) is 5.96. The molecule has 0 aromatic heterocycles. The van der Waals surface area contributed by atoms with Gasteiger partial charge in [-0.3, -0.25) is 4.79 Å². The number of amidine groups is 1. The van der Waals surface area contributed by atoms with Crippen LogP contribution in [0, 0.1) is 0 Å². The monoisotopic (exact) mass is 494 g/mol. The Morgan fingerprint density at radius 1 is 1.12 bits per heavy atom. The number of ether oxygens (including phenoxy) is 2. The van der Waals surface area contributed by atoms with Crippen LogP contribution in [0.1, 0.15) is 21.5 Å². The van der Waals surface area contributed by atoms with Gasteiger partial charge in [0.1, 0.15) is 6.61 Å². The zero-order chi connectivity index (χ0) is 24.1. The standard InChI is InChI=1S/C25H19ClN2O5S/c1-32-21-12-16(8-11-20(21)33-14-15-6-9-17(26)10-7-15)13-22-23(29)28-25(34-22)27-19-5-3-2-4-18(19)24(30)31/h2-13H,14H2,1H3,(H,30,31)(H,27,28,29). The summed E-state index contributed by atoms with van der Waals surface area (Å²) in [5.74, 6) is -0.319. The Kier molecular flexibility index (Phi) is 7.20. The number of carbonyl (C=O) groups excluding carboxylic acids is 1. The predicted octanol–water partition coefficient (Wildman–Crippen LogP) is 5.52. The van der Waals surface area contributed by atoms with Crippen molar-refractivity contribution >= 4 is 52.2 Å². The molecule has 9 heteroatoms. The van der Waals surface area contributed by atoms with Gasteiger partial charge >= 0.3 is 5.97 Å². The molecule has 0 bridgehead atoms. The predicted molar refractivity (Wildman–Crippen MR) is 133 cm³/mol. The van der Waals surface area contributed by atoms with Gasteiger partial charge in [0.15, 0.2) is 16.7 Å². The molecule has 2 N–H and O–H groups in total. The second-order valence-electron chi connectivity index (χ2n) is 7.13. The van der Waals surface area contributed by atoms with Crippen LogP contribution in [-0.2, 0) is 11.4 Å². The Bertz CT molecular complexity index is 1300. The highest BCUT2D eigenvalue weighted by Gasteiger charge is 2.24. The molecule has 0 spiro atoms. The van der Waals surface area contributed by atoms with Gasteiger partial charge in [0.25, 0.3) is 5.91 Å². The lowest BCUT2D eigenvalue weighted by molar-refractivity contribution is -0.115. The molecule has 1 aliphatic heterocycles. The largest absolute Gasteiger partial charge is 0.493 e. The van der Waals surface area contributed by atoms with Crippen LogP contribution in [0.2, 0.25) is 5.02 Å². The van der Waals surface area contributed by atoms with E-state index in [0.29, 0.717) is 33.2 Å². The molecule has 0 aliphatic carbocycles. The maximum absolute atomic E-state index is 12.4. The number of aromatic carboxylic acids is 1. The van der Waals surface area contributed by atoms with E-state index < -0.39 is 5.97 Å². The lowest BCUT2D eigenvalue weighted by Crippen LogP contribution is -2.19. The second kappa shape index (κ2) is 10.5. The van der Waals surface area contributed by atoms with Crippen molar-refractivity contribution in [1.29, 1.82) is 0 Å². The zero-order valence-corrected chi connectivity index (χ0v) is 19.5. The number of aliphatic imine (C=N–C) groups is 1. The van der Waals surface area contributed by atoms with Crippen LogP contribution in [0.4, 0.5) is 5.69 Å². The first kappa shape index (κ1) is 23.4. The second-order valence-corrected chi connectivity index (χ2v) is 8.60. The highest BCUT2D eigenvalue weighted by atomic mass is 35.5. The molecule has 1 fully saturated rings. The van der Waals surface area contributed by atoms with Crippen molar-refractivity contribution in [3.63, 3.8) is 0 Å². The number of amides is 1. The number of nitrogens with zero attached hydrogens (tertiary/aromatic N) is 1. The minimum Gasteiger partial charge on any atom is -0.493 e. The first-order chi connectivity index (χ1) is 16.4. The summed E-state index contributed by atoms with van der Waals surface area (Å²) in [5, 5.41) is 13.0. The SMILES string of the molecule is COc1cc(C=C2SC(=Nc3ccccc3C(=O)O)NC2=O)ccc1OCc1ccc(Cl)cc1. The minimum absolute atomic E-state index is 0.0567. The number of benzene rings is 3. The summed E-state index contributed by atoms with van der Waals surface area (Å²) in [4.78, 5) is 28.6. The number of carboxylic acids is 1. The van der Waals surface area contributed by atoms with Crippen LogP contribution in [0.25, 0.3) is 6.08 Å². The molecule has 1 heterocycles. The van der Waals surface area contributed by atoms with E-state index in [2.05, 4.69) is 10.3 Å². The van der Waals surface area contributed by atoms with E-state index in [1.54, 1.807) is 55.7 Å². The Morgan fingerprint density at radius 2 is 1.88 bits per heavy atom. The number of carbonyl (C=O) groups is 2. The van der Waals surface area contributed by atoms with Crippen molar-refractivity contribution in [2.45, 2.75) is 6.61 Å². The van der Waals surface area contributed by atoms with Crippen LogP contribution in [0.15, 0.2) is 76.6 Å². The summed E-state index contributed by atoms with van der Waals surface area (Å²) >= 11 is 7.05. The zero-order valence-electron chi connectivity index (χ0n) is 17.9. The van der Waals surface area contributed by atoms with Gasteiger partial charge in [0.2, 0.25) is 0 Å². The lowest BCUT2D eigenvalue weighted by Gasteiger charge is -2.11. The molecular formula is C25H19ClN2O5S. The smallest absolute Gasteiger partial charge is 0.337 e. The van der Waals surface area contributed by atoms with Crippen LogP contribution < -0.4 is 14.8 Å². The van der Waals surface area contributed by atoms with Gasteiger partial charge in [-0.25, -0.2) is 9.79 Å². The average molecular weight is 495 g/mol. The molecule has 0 atom stereocenters. The van der Waals surface area contributed by atoms with Gasteiger partial charge in [-0.2, -0.15) is 0 Å². The third kappa shape index (κ3) is 5.59. The molecule has 34 heavy (non-hydrogen) atoms. The van der Waals surface area contributed by atoms with E-state index in [9.17, 15) is 14.7 Å². The Labute approximate surface area is 205 Å².